The SMILES string of the molecule is CCCCOc1ccc(/C=N/NC(=O)C(CC(C)C)NC(=O)c2ccc(Cl)cc2)cc1. The molecule has 0 bridgehead atoms. The predicted octanol–water partition coefficient (Wildman–Crippen LogP) is 4.81. The molecule has 0 aliphatic heterocycles. The lowest BCUT2D eigenvalue weighted by Crippen LogP contribution is -2.46. The Morgan fingerprint density at radius 2 is 1.77 bits per heavy atom. The van der Waals surface area contributed by atoms with E-state index in [-0.39, 0.29) is 17.7 Å². The molecule has 7 heteroatoms. The number of hydrazone groups is 1. The van der Waals surface area contributed by atoms with Crippen molar-refractivity contribution in [2.45, 2.75) is 46.1 Å². The first-order valence-corrected chi connectivity index (χ1v) is 10.9. The normalized spacial score (nSPS) is 12.0. The van der Waals surface area contributed by atoms with Crippen LogP contribution in [0.25, 0.3) is 0 Å². The molecule has 2 aromatic rings. The first-order chi connectivity index (χ1) is 14.9. The smallest absolute Gasteiger partial charge is 0.262 e. The van der Waals surface area contributed by atoms with E-state index in [1.165, 1.54) is 0 Å². The molecule has 166 valence electrons. The number of ether oxygens (including phenoxy) is 1. The summed E-state index contributed by atoms with van der Waals surface area (Å²) < 4.78 is 5.63. The zero-order valence-corrected chi connectivity index (χ0v) is 19.0. The first-order valence-electron chi connectivity index (χ1n) is 10.5. The van der Waals surface area contributed by atoms with Gasteiger partial charge in [0.15, 0.2) is 0 Å². The van der Waals surface area contributed by atoms with Crippen molar-refractivity contribution in [3.63, 3.8) is 0 Å². The number of rotatable bonds is 11. The number of hydrogen-bond donors (Lipinski definition) is 2. The van der Waals surface area contributed by atoms with Crippen molar-refractivity contribution in [1.82, 2.24) is 10.7 Å². The van der Waals surface area contributed by atoms with Crippen molar-refractivity contribution < 1.29 is 14.3 Å². The van der Waals surface area contributed by atoms with E-state index >= 15 is 0 Å². The lowest BCUT2D eigenvalue weighted by Gasteiger charge is -2.19. The van der Waals surface area contributed by atoms with Crippen LogP contribution in [0.5, 0.6) is 5.75 Å². The van der Waals surface area contributed by atoms with E-state index in [1.54, 1.807) is 30.5 Å². The van der Waals surface area contributed by atoms with Gasteiger partial charge in [0.2, 0.25) is 0 Å². The lowest BCUT2D eigenvalue weighted by atomic mass is 10.0. The molecule has 0 fully saturated rings. The molecule has 0 aromatic heterocycles. The second-order valence-corrected chi connectivity index (χ2v) is 8.10. The number of hydrogen-bond acceptors (Lipinski definition) is 4. The monoisotopic (exact) mass is 443 g/mol. The van der Waals surface area contributed by atoms with E-state index in [0.717, 1.165) is 24.2 Å². The number of halogens is 1. The second kappa shape index (κ2) is 12.7. The van der Waals surface area contributed by atoms with Gasteiger partial charge >= 0.3 is 0 Å². The summed E-state index contributed by atoms with van der Waals surface area (Å²) in [6.07, 6.45) is 4.15. The Labute approximate surface area is 189 Å². The minimum Gasteiger partial charge on any atom is -0.494 e. The molecule has 0 radical (unpaired) electrons. The fraction of sp³-hybridized carbons (Fsp3) is 0.375. The zero-order valence-electron chi connectivity index (χ0n) is 18.2. The van der Waals surface area contributed by atoms with Crippen molar-refractivity contribution in [2.24, 2.45) is 11.0 Å². The number of carbonyl (C=O) groups excluding carboxylic acids is 2. The minimum absolute atomic E-state index is 0.213. The summed E-state index contributed by atoms with van der Waals surface area (Å²) >= 11 is 5.87. The van der Waals surface area contributed by atoms with Crippen LogP contribution < -0.4 is 15.5 Å². The van der Waals surface area contributed by atoms with Gasteiger partial charge < -0.3 is 10.1 Å². The van der Waals surface area contributed by atoms with Gasteiger partial charge in [0.25, 0.3) is 11.8 Å². The molecule has 0 saturated carbocycles. The van der Waals surface area contributed by atoms with E-state index in [0.29, 0.717) is 23.6 Å². The van der Waals surface area contributed by atoms with Crippen molar-refractivity contribution in [3.8, 4) is 5.75 Å². The van der Waals surface area contributed by atoms with Crippen LogP contribution in [0.3, 0.4) is 0 Å². The lowest BCUT2D eigenvalue weighted by molar-refractivity contribution is -0.123. The highest BCUT2D eigenvalue weighted by Gasteiger charge is 2.22. The molecular weight excluding hydrogens is 414 g/mol. The molecule has 0 aliphatic carbocycles. The molecule has 2 rings (SSSR count). The topological polar surface area (TPSA) is 79.8 Å². The standard InChI is InChI=1S/C24H30ClN3O3/c1-4-5-14-31-21-12-6-18(7-13-21)16-26-28-24(30)22(15-17(2)3)27-23(29)19-8-10-20(25)11-9-19/h6-13,16-17,22H,4-5,14-15H2,1-3H3,(H,27,29)(H,28,30)/b26-16+. The van der Waals surface area contributed by atoms with Crippen LogP contribution in [0, 0.1) is 5.92 Å². The third-order valence-electron chi connectivity index (χ3n) is 4.47. The van der Waals surface area contributed by atoms with Gasteiger partial charge in [0.05, 0.1) is 12.8 Å². The highest BCUT2D eigenvalue weighted by atomic mass is 35.5. The number of unbranched alkanes of at least 4 members (excludes halogenated alkanes) is 1. The molecule has 0 saturated heterocycles. The zero-order chi connectivity index (χ0) is 22.6. The number of carbonyl (C=O) groups is 2. The molecular formula is C24H30ClN3O3. The van der Waals surface area contributed by atoms with E-state index in [2.05, 4.69) is 22.8 Å². The summed E-state index contributed by atoms with van der Waals surface area (Å²) in [5, 5.41) is 7.36. The molecule has 1 unspecified atom stereocenters. The van der Waals surface area contributed by atoms with Gasteiger partial charge in [-0.2, -0.15) is 5.10 Å². The van der Waals surface area contributed by atoms with Gasteiger partial charge in [0.1, 0.15) is 11.8 Å². The Morgan fingerprint density at radius 3 is 2.39 bits per heavy atom. The average molecular weight is 444 g/mol. The largest absolute Gasteiger partial charge is 0.494 e. The van der Waals surface area contributed by atoms with Crippen molar-refractivity contribution >= 4 is 29.6 Å². The summed E-state index contributed by atoms with van der Waals surface area (Å²) in [6.45, 7) is 6.79. The van der Waals surface area contributed by atoms with Crippen LogP contribution in [-0.2, 0) is 4.79 Å². The summed E-state index contributed by atoms with van der Waals surface area (Å²) in [7, 11) is 0. The third kappa shape index (κ3) is 8.80. The van der Waals surface area contributed by atoms with Gasteiger partial charge in [-0.05, 0) is 72.9 Å². The van der Waals surface area contributed by atoms with Crippen LogP contribution in [0.2, 0.25) is 5.02 Å². The number of amides is 2. The summed E-state index contributed by atoms with van der Waals surface area (Å²) in [6, 6.07) is 13.3. The molecule has 2 N–H and O–H groups in total. The van der Waals surface area contributed by atoms with Crippen molar-refractivity contribution in [1.29, 1.82) is 0 Å². The van der Waals surface area contributed by atoms with Gasteiger partial charge in [-0.25, -0.2) is 5.43 Å². The van der Waals surface area contributed by atoms with Crippen LogP contribution in [0.15, 0.2) is 53.6 Å². The minimum atomic E-state index is -0.699. The third-order valence-corrected chi connectivity index (χ3v) is 4.72. The van der Waals surface area contributed by atoms with Crippen LogP contribution in [-0.4, -0.2) is 30.7 Å². The summed E-state index contributed by atoms with van der Waals surface area (Å²) in [4.78, 5) is 25.1. The Balaban J connectivity index is 1.93. The van der Waals surface area contributed by atoms with Gasteiger partial charge in [0, 0.05) is 10.6 Å². The molecule has 2 aromatic carbocycles. The second-order valence-electron chi connectivity index (χ2n) is 7.67. The Morgan fingerprint density at radius 1 is 1.10 bits per heavy atom. The number of nitrogens with zero attached hydrogens (tertiary/aromatic N) is 1. The van der Waals surface area contributed by atoms with Crippen LogP contribution >= 0.6 is 11.6 Å². The Kier molecular flexibility index (Phi) is 10.0. The Bertz CT molecular complexity index is 865. The fourth-order valence-corrected chi connectivity index (χ4v) is 2.90. The highest BCUT2D eigenvalue weighted by Crippen LogP contribution is 2.12. The van der Waals surface area contributed by atoms with Crippen molar-refractivity contribution in [3.05, 3.63) is 64.7 Å². The Hall–Kier alpha value is -2.86. The molecule has 0 spiro atoms. The predicted molar refractivity (Wildman–Crippen MR) is 125 cm³/mol. The highest BCUT2D eigenvalue weighted by molar-refractivity contribution is 6.30. The van der Waals surface area contributed by atoms with Crippen molar-refractivity contribution in [2.75, 3.05) is 6.61 Å². The maximum atomic E-state index is 12.6. The fourth-order valence-electron chi connectivity index (χ4n) is 2.78. The molecule has 6 nitrogen and oxygen atoms in total. The van der Waals surface area contributed by atoms with E-state index < -0.39 is 6.04 Å². The maximum Gasteiger partial charge on any atom is 0.262 e. The van der Waals surface area contributed by atoms with Gasteiger partial charge in [-0.3, -0.25) is 9.59 Å². The number of nitrogens with one attached hydrogen (secondary N) is 2. The van der Waals surface area contributed by atoms with Gasteiger partial charge in [-0.1, -0.05) is 38.8 Å². The van der Waals surface area contributed by atoms with Crippen LogP contribution in [0.1, 0.15) is 56.0 Å². The number of benzene rings is 2. The average Bonchev–Trinajstić information content (AvgIpc) is 2.74. The summed E-state index contributed by atoms with van der Waals surface area (Å²) in [5.74, 6) is 0.314. The van der Waals surface area contributed by atoms with E-state index in [4.69, 9.17) is 16.3 Å². The van der Waals surface area contributed by atoms with Crippen LogP contribution in [0.4, 0.5) is 0 Å². The molecule has 31 heavy (non-hydrogen) atoms. The molecule has 2 amide bonds. The van der Waals surface area contributed by atoms with E-state index in [9.17, 15) is 9.59 Å². The maximum absolute atomic E-state index is 12.6. The molecule has 1 atom stereocenters. The summed E-state index contributed by atoms with van der Waals surface area (Å²) in [5.41, 5.74) is 3.79. The molecule has 0 aliphatic rings. The molecule has 0 heterocycles. The van der Waals surface area contributed by atoms with E-state index in [1.807, 2.05) is 38.1 Å². The first kappa shape index (κ1) is 24.4. The van der Waals surface area contributed by atoms with Gasteiger partial charge in [-0.15, -0.1) is 0 Å². The quantitative estimate of drug-likeness (QED) is 0.297.